The molecule has 0 aromatic carbocycles. The summed E-state index contributed by atoms with van der Waals surface area (Å²) in [6.07, 6.45) is 15.6. The predicted molar refractivity (Wildman–Crippen MR) is 78.8 cm³/mol. The number of hydrogen-bond donors (Lipinski definition) is 1. The van der Waals surface area contributed by atoms with Crippen molar-refractivity contribution in [3.63, 3.8) is 0 Å². The molecule has 1 nitrogen and oxygen atoms in total. The lowest BCUT2D eigenvalue weighted by atomic mass is 9.68. The highest BCUT2D eigenvalue weighted by molar-refractivity contribution is 5.42. The van der Waals surface area contributed by atoms with Crippen LogP contribution in [-0.4, -0.2) is 0 Å². The van der Waals surface area contributed by atoms with Gasteiger partial charge in [-0.25, -0.2) is 0 Å². The smallest absolute Gasteiger partial charge is 0.0315 e. The van der Waals surface area contributed by atoms with Gasteiger partial charge in [0, 0.05) is 11.1 Å². The molecule has 1 fully saturated rings. The summed E-state index contributed by atoms with van der Waals surface area (Å²) in [5, 5.41) is 0. The van der Waals surface area contributed by atoms with E-state index in [1.54, 1.807) is 6.08 Å². The second kappa shape index (κ2) is 4.31. The zero-order valence-electron chi connectivity index (χ0n) is 11.6. The van der Waals surface area contributed by atoms with Gasteiger partial charge in [-0.1, -0.05) is 63.8 Å². The zero-order valence-corrected chi connectivity index (χ0v) is 11.6. The summed E-state index contributed by atoms with van der Waals surface area (Å²) in [5.41, 5.74) is 8.84. The van der Waals surface area contributed by atoms with Gasteiger partial charge >= 0.3 is 0 Å². The van der Waals surface area contributed by atoms with Crippen LogP contribution in [0, 0.1) is 16.7 Å². The summed E-state index contributed by atoms with van der Waals surface area (Å²) >= 11 is 0. The lowest BCUT2D eigenvalue weighted by Crippen LogP contribution is -2.28. The fraction of sp³-hybridized carbons (Fsp3) is 0.412. The Morgan fingerprint density at radius 3 is 2.78 bits per heavy atom. The van der Waals surface area contributed by atoms with Crippen molar-refractivity contribution in [2.75, 3.05) is 0 Å². The molecule has 2 atom stereocenters. The second-order valence-corrected chi connectivity index (χ2v) is 6.20. The first-order valence-electron chi connectivity index (χ1n) is 6.56. The highest BCUT2D eigenvalue weighted by atomic mass is 14.6. The lowest BCUT2D eigenvalue weighted by molar-refractivity contribution is 0.238. The molecule has 0 aliphatic heterocycles. The Balaban J connectivity index is 2.51. The van der Waals surface area contributed by atoms with Gasteiger partial charge in [0.1, 0.15) is 0 Å². The Bertz CT molecular complexity index is 474. The van der Waals surface area contributed by atoms with Gasteiger partial charge in [-0.3, -0.25) is 0 Å². The van der Waals surface area contributed by atoms with E-state index in [0.29, 0.717) is 5.92 Å². The SMILES string of the molecule is C=C/C=C\C(N)=C1/CC(C)(C)C2C=CC=CC12C. The minimum atomic E-state index is 0.0633. The van der Waals surface area contributed by atoms with E-state index in [2.05, 4.69) is 51.7 Å². The van der Waals surface area contributed by atoms with Crippen molar-refractivity contribution < 1.29 is 0 Å². The van der Waals surface area contributed by atoms with E-state index in [-0.39, 0.29) is 10.8 Å². The molecule has 1 saturated carbocycles. The van der Waals surface area contributed by atoms with Gasteiger partial charge < -0.3 is 5.73 Å². The standard InChI is InChI=1S/C17H23N/c1-5-6-9-14(18)13-12-16(2,3)15-10-7-8-11-17(13,15)4/h5-11,15H,1,12,18H2,2-4H3/b9-6-,14-13-. The summed E-state index contributed by atoms with van der Waals surface area (Å²) in [6, 6.07) is 0. The fourth-order valence-electron chi connectivity index (χ4n) is 3.54. The summed E-state index contributed by atoms with van der Waals surface area (Å²) in [5.74, 6) is 0.528. The molecule has 0 radical (unpaired) electrons. The highest BCUT2D eigenvalue weighted by Gasteiger charge is 2.51. The summed E-state index contributed by atoms with van der Waals surface area (Å²) in [6.45, 7) is 10.7. The van der Waals surface area contributed by atoms with E-state index < -0.39 is 0 Å². The maximum absolute atomic E-state index is 6.27. The minimum absolute atomic E-state index is 0.0633. The van der Waals surface area contributed by atoms with Crippen LogP contribution in [0.2, 0.25) is 0 Å². The van der Waals surface area contributed by atoms with E-state index >= 15 is 0 Å². The van der Waals surface area contributed by atoms with Crippen LogP contribution >= 0.6 is 0 Å². The summed E-state index contributed by atoms with van der Waals surface area (Å²) in [4.78, 5) is 0. The first kappa shape index (κ1) is 12.9. The molecule has 2 aliphatic rings. The third-order valence-corrected chi connectivity index (χ3v) is 4.39. The largest absolute Gasteiger partial charge is 0.399 e. The van der Waals surface area contributed by atoms with Crippen molar-refractivity contribution >= 4 is 0 Å². The van der Waals surface area contributed by atoms with Crippen molar-refractivity contribution in [1.29, 1.82) is 0 Å². The molecule has 0 heterocycles. The van der Waals surface area contributed by atoms with Gasteiger partial charge in [0.2, 0.25) is 0 Å². The minimum Gasteiger partial charge on any atom is -0.399 e. The first-order chi connectivity index (χ1) is 8.42. The monoisotopic (exact) mass is 241 g/mol. The van der Waals surface area contributed by atoms with Crippen LogP contribution in [0.1, 0.15) is 27.2 Å². The van der Waals surface area contributed by atoms with Crippen LogP contribution in [0.15, 0.2) is 60.4 Å². The molecule has 2 N–H and O–H groups in total. The van der Waals surface area contributed by atoms with Crippen LogP contribution in [0.3, 0.4) is 0 Å². The topological polar surface area (TPSA) is 26.0 Å². The van der Waals surface area contributed by atoms with Gasteiger partial charge in [-0.15, -0.1) is 0 Å². The van der Waals surface area contributed by atoms with E-state index in [1.165, 1.54) is 5.57 Å². The van der Waals surface area contributed by atoms with Crippen molar-refractivity contribution in [1.82, 2.24) is 0 Å². The van der Waals surface area contributed by atoms with Crippen molar-refractivity contribution in [3.8, 4) is 0 Å². The Kier molecular flexibility index (Phi) is 3.10. The van der Waals surface area contributed by atoms with Crippen molar-refractivity contribution in [2.24, 2.45) is 22.5 Å². The van der Waals surface area contributed by atoms with Gasteiger partial charge in [-0.2, -0.15) is 0 Å². The number of nitrogens with two attached hydrogens (primary N) is 1. The maximum atomic E-state index is 6.27. The molecule has 0 aromatic heterocycles. The van der Waals surface area contributed by atoms with Gasteiger partial charge in [0.15, 0.2) is 0 Å². The average molecular weight is 241 g/mol. The molecule has 0 saturated heterocycles. The summed E-state index contributed by atoms with van der Waals surface area (Å²) < 4.78 is 0. The molecule has 2 aliphatic carbocycles. The molecule has 96 valence electrons. The number of hydrogen-bond acceptors (Lipinski definition) is 1. The fourth-order valence-corrected chi connectivity index (χ4v) is 3.54. The molecule has 1 heteroatoms. The predicted octanol–water partition coefficient (Wildman–Crippen LogP) is 4.12. The highest BCUT2D eigenvalue weighted by Crippen LogP contribution is 2.59. The number of allylic oxidation sites excluding steroid dienone is 8. The number of fused-ring (bicyclic) bond motifs is 1. The zero-order chi connectivity index (χ0) is 13.4. The molecule has 0 aromatic rings. The Morgan fingerprint density at radius 2 is 2.11 bits per heavy atom. The molecule has 0 bridgehead atoms. The molecule has 2 unspecified atom stereocenters. The van der Waals surface area contributed by atoms with Gasteiger partial charge in [0.05, 0.1) is 0 Å². The van der Waals surface area contributed by atoms with Crippen LogP contribution in [0.4, 0.5) is 0 Å². The van der Waals surface area contributed by atoms with Crippen LogP contribution in [-0.2, 0) is 0 Å². The molecule has 2 rings (SSSR count). The molecule has 18 heavy (non-hydrogen) atoms. The third kappa shape index (κ3) is 1.88. The van der Waals surface area contributed by atoms with E-state index in [4.69, 9.17) is 5.73 Å². The van der Waals surface area contributed by atoms with Crippen LogP contribution in [0.25, 0.3) is 0 Å². The molecular weight excluding hydrogens is 218 g/mol. The number of rotatable bonds is 2. The Labute approximate surface area is 110 Å². The first-order valence-corrected chi connectivity index (χ1v) is 6.56. The molecule has 0 spiro atoms. The molecule has 0 amide bonds. The van der Waals surface area contributed by atoms with Crippen LogP contribution in [0.5, 0.6) is 0 Å². The summed E-state index contributed by atoms with van der Waals surface area (Å²) in [7, 11) is 0. The quantitative estimate of drug-likeness (QED) is 0.723. The maximum Gasteiger partial charge on any atom is 0.0315 e. The lowest BCUT2D eigenvalue weighted by Gasteiger charge is -2.35. The molecular formula is C17H23N. The van der Waals surface area contributed by atoms with Crippen molar-refractivity contribution in [3.05, 3.63) is 60.4 Å². The van der Waals surface area contributed by atoms with Gasteiger partial charge in [-0.05, 0) is 29.4 Å². The third-order valence-electron chi connectivity index (χ3n) is 4.39. The average Bonchev–Trinajstić information content (AvgIpc) is 2.54. The van der Waals surface area contributed by atoms with Gasteiger partial charge in [0.25, 0.3) is 0 Å². The second-order valence-electron chi connectivity index (χ2n) is 6.20. The normalized spacial score (nSPS) is 35.8. The van der Waals surface area contributed by atoms with E-state index in [9.17, 15) is 0 Å². The van der Waals surface area contributed by atoms with Crippen LogP contribution < -0.4 is 5.73 Å². The Hall–Kier alpha value is -1.50. The Morgan fingerprint density at radius 1 is 1.39 bits per heavy atom. The van der Waals surface area contributed by atoms with E-state index in [0.717, 1.165) is 12.1 Å². The van der Waals surface area contributed by atoms with Crippen molar-refractivity contribution in [2.45, 2.75) is 27.2 Å². The van der Waals surface area contributed by atoms with E-state index in [1.807, 2.05) is 12.2 Å².